The van der Waals surface area contributed by atoms with Gasteiger partial charge in [0.1, 0.15) is 17.6 Å². The van der Waals surface area contributed by atoms with E-state index < -0.39 is 5.97 Å². The van der Waals surface area contributed by atoms with Crippen LogP contribution in [0.2, 0.25) is 0 Å². The van der Waals surface area contributed by atoms with Gasteiger partial charge in [0.25, 0.3) is 5.22 Å². The summed E-state index contributed by atoms with van der Waals surface area (Å²) in [5.74, 6) is -0.199. The normalized spacial score (nSPS) is 10.6. The molecule has 0 fully saturated rings. The number of thioether (sulfide) groups is 1. The Balaban J connectivity index is 2.04. The SMILES string of the molecule is Cc1coc(SCc2occc2C(=O)O)n1. The Kier molecular flexibility index (Phi) is 3.00. The van der Waals surface area contributed by atoms with Gasteiger partial charge in [-0.25, -0.2) is 9.78 Å². The van der Waals surface area contributed by atoms with Crippen LogP contribution in [0.3, 0.4) is 0 Å². The van der Waals surface area contributed by atoms with Crippen LogP contribution in [0.1, 0.15) is 21.8 Å². The Labute approximate surface area is 95.5 Å². The average molecular weight is 239 g/mol. The van der Waals surface area contributed by atoms with Gasteiger partial charge in [0, 0.05) is 0 Å². The van der Waals surface area contributed by atoms with Gasteiger partial charge in [0.2, 0.25) is 0 Å². The number of carbonyl (C=O) groups is 1. The number of nitrogens with zero attached hydrogens (tertiary/aromatic N) is 1. The van der Waals surface area contributed by atoms with Gasteiger partial charge in [-0.3, -0.25) is 0 Å². The maximum atomic E-state index is 10.8. The van der Waals surface area contributed by atoms with Crippen LogP contribution in [0.15, 0.2) is 32.6 Å². The third-order valence-corrected chi connectivity index (χ3v) is 2.74. The summed E-state index contributed by atoms with van der Waals surface area (Å²) in [6.07, 6.45) is 2.91. The second-order valence-electron chi connectivity index (χ2n) is 3.11. The third kappa shape index (κ3) is 2.27. The minimum Gasteiger partial charge on any atom is -0.478 e. The summed E-state index contributed by atoms with van der Waals surface area (Å²) in [6.45, 7) is 1.82. The molecule has 0 saturated carbocycles. The fourth-order valence-corrected chi connectivity index (χ4v) is 1.97. The Morgan fingerprint density at radius 2 is 2.38 bits per heavy atom. The molecule has 1 N–H and O–H groups in total. The molecule has 0 unspecified atom stereocenters. The smallest absolute Gasteiger partial charge is 0.339 e. The first kappa shape index (κ1) is 10.8. The van der Waals surface area contributed by atoms with Crippen LogP contribution in [0.4, 0.5) is 0 Å². The summed E-state index contributed by atoms with van der Waals surface area (Å²) in [5, 5.41) is 9.35. The first-order valence-corrected chi connectivity index (χ1v) is 5.50. The molecule has 2 heterocycles. The van der Waals surface area contributed by atoms with Crippen molar-refractivity contribution in [2.45, 2.75) is 17.9 Å². The summed E-state index contributed by atoms with van der Waals surface area (Å²) >= 11 is 1.30. The molecule has 0 spiro atoms. The molecule has 0 atom stereocenters. The predicted molar refractivity (Wildman–Crippen MR) is 56.5 cm³/mol. The molecule has 0 aliphatic carbocycles. The molecule has 6 heteroatoms. The van der Waals surface area contributed by atoms with E-state index in [1.54, 1.807) is 6.26 Å². The fourth-order valence-electron chi connectivity index (χ4n) is 1.17. The number of carboxylic acids is 1. The van der Waals surface area contributed by atoms with E-state index in [1.807, 2.05) is 6.92 Å². The molecule has 0 aliphatic heterocycles. The molecule has 0 radical (unpaired) electrons. The Bertz CT molecular complexity index is 502. The Hall–Kier alpha value is -1.69. The van der Waals surface area contributed by atoms with E-state index in [0.29, 0.717) is 16.7 Å². The van der Waals surface area contributed by atoms with E-state index in [-0.39, 0.29) is 5.56 Å². The maximum absolute atomic E-state index is 10.8. The molecule has 84 valence electrons. The van der Waals surface area contributed by atoms with Crippen LogP contribution in [0.5, 0.6) is 0 Å². The summed E-state index contributed by atoms with van der Waals surface area (Å²) in [7, 11) is 0. The molecule has 0 aromatic carbocycles. The van der Waals surface area contributed by atoms with E-state index in [4.69, 9.17) is 13.9 Å². The first-order valence-electron chi connectivity index (χ1n) is 4.51. The van der Waals surface area contributed by atoms with Crippen LogP contribution < -0.4 is 0 Å². The predicted octanol–water partition coefficient (Wildman–Crippen LogP) is 2.57. The van der Waals surface area contributed by atoms with Gasteiger partial charge in [0.05, 0.1) is 17.7 Å². The van der Waals surface area contributed by atoms with E-state index in [1.165, 1.54) is 24.1 Å². The highest BCUT2D eigenvalue weighted by molar-refractivity contribution is 7.98. The van der Waals surface area contributed by atoms with Gasteiger partial charge in [0.15, 0.2) is 0 Å². The zero-order valence-electron chi connectivity index (χ0n) is 8.47. The number of oxazole rings is 1. The number of rotatable bonds is 4. The molecule has 0 saturated heterocycles. The van der Waals surface area contributed by atoms with Gasteiger partial charge in [-0.05, 0) is 13.0 Å². The van der Waals surface area contributed by atoms with Crippen molar-refractivity contribution < 1.29 is 18.7 Å². The molecular weight excluding hydrogens is 230 g/mol. The monoisotopic (exact) mass is 239 g/mol. The summed E-state index contributed by atoms with van der Waals surface area (Å²) < 4.78 is 10.2. The lowest BCUT2D eigenvalue weighted by atomic mass is 10.3. The average Bonchev–Trinajstić information content (AvgIpc) is 2.83. The van der Waals surface area contributed by atoms with E-state index in [9.17, 15) is 4.79 Å². The molecular formula is C10H9NO4S. The molecule has 5 nitrogen and oxygen atoms in total. The molecule has 2 aromatic rings. The number of aromatic carboxylic acids is 1. The van der Waals surface area contributed by atoms with E-state index >= 15 is 0 Å². The van der Waals surface area contributed by atoms with Crippen LogP contribution in [-0.4, -0.2) is 16.1 Å². The lowest BCUT2D eigenvalue weighted by Crippen LogP contribution is -1.97. The van der Waals surface area contributed by atoms with Crippen molar-refractivity contribution in [2.24, 2.45) is 0 Å². The minimum absolute atomic E-state index is 0.177. The van der Waals surface area contributed by atoms with Crippen LogP contribution in [0, 0.1) is 6.92 Å². The van der Waals surface area contributed by atoms with Crippen molar-refractivity contribution in [3.8, 4) is 0 Å². The Morgan fingerprint density at radius 3 is 3.00 bits per heavy atom. The second-order valence-corrected chi connectivity index (χ2v) is 4.03. The minimum atomic E-state index is -0.993. The molecule has 2 rings (SSSR count). The molecule has 0 aliphatic rings. The number of hydrogen-bond donors (Lipinski definition) is 1. The topological polar surface area (TPSA) is 76.5 Å². The van der Waals surface area contributed by atoms with Crippen molar-refractivity contribution in [3.05, 3.63) is 35.6 Å². The molecule has 2 aromatic heterocycles. The van der Waals surface area contributed by atoms with Gasteiger partial charge in [-0.1, -0.05) is 11.8 Å². The summed E-state index contributed by atoms with van der Waals surface area (Å²) in [4.78, 5) is 14.9. The highest BCUT2D eigenvalue weighted by Crippen LogP contribution is 2.24. The lowest BCUT2D eigenvalue weighted by Gasteiger charge is -1.95. The van der Waals surface area contributed by atoms with Crippen molar-refractivity contribution in [2.75, 3.05) is 0 Å². The van der Waals surface area contributed by atoms with Crippen LogP contribution in [-0.2, 0) is 5.75 Å². The Morgan fingerprint density at radius 1 is 1.56 bits per heavy atom. The number of carboxylic acid groups (broad SMARTS) is 1. The summed E-state index contributed by atoms with van der Waals surface area (Å²) in [5.41, 5.74) is 0.969. The number of aryl methyl sites for hydroxylation is 1. The number of furan rings is 1. The summed E-state index contributed by atoms with van der Waals surface area (Å²) in [6, 6.07) is 1.43. The standard InChI is InChI=1S/C10H9NO4S/c1-6-4-15-10(11-6)16-5-8-7(9(12)13)2-3-14-8/h2-4H,5H2,1H3,(H,12,13). The maximum Gasteiger partial charge on any atom is 0.339 e. The third-order valence-electron chi connectivity index (χ3n) is 1.90. The number of aromatic nitrogens is 1. The molecule has 0 bridgehead atoms. The van der Waals surface area contributed by atoms with Gasteiger partial charge in [-0.15, -0.1) is 0 Å². The molecule has 16 heavy (non-hydrogen) atoms. The van der Waals surface area contributed by atoms with Crippen molar-refractivity contribution >= 4 is 17.7 Å². The van der Waals surface area contributed by atoms with Gasteiger partial charge in [-0.2, -0.15) is 0 Å². The quantitative estimate of drug-likeness (QED) is 0.826. The van der Waals surface area contributed by atoms with Crippen molar-refractivity contribution in [1.82, 2.24) is 4.98 Å². The van der Waals surface area contributed by atoms with Crippen LogP contribution >= 0.6 is 11.8 Å². The van der Waals surface area contributed by atoms with E-state index in [0.717, 1.165) is 5.69 Å². The zero-order valence-corrected chi connectivity index (χ0v) is 9.28. The highest BCUT2D eigenvalue weighted by Gasteiger charge is 2.14. The number of hydrogen-bond acceptors (Lipinski definition) is 5. The lowest BCUT2D eigenvalue weighted by molar-refractivity contribution is 0.0695. The van der Waals surface area contributed by atoms with Crippen LogP contribution in [0.25, 0.3) is 0 Å². The first-order chi connectivity index (χ1) is 7.66. The second kappa shape index (κ2) is 4.44. The highest BCUT2D eigenvalue weighted by atomic mass is 32.2. The van der Waals surface area contributed by atoms with Crippen molar-refractivity contribution in [3.63, 3.8) is 0 Å². The van der Waals surface area contributed by atoms with Crippen molar-refractivity contribution in [1.29, 1.82) is 0 Å². The van der Waals surface area contributed by atoms with Gasteiger partial charge < -0.3 is 13.9 Å². The molecule has 0 amide bonds. The van der Waals surface area contributed by atoms with Gasteiger partial charge >= 0.3 is 5.97 Å². The zero-order chi connectivity index (χ0) is 11.5. The van der Waals surface area contributed by atoms with E-state index in [2.05, 4.69) is 4.98 Å². The largest absolute Gasteiger partial charge is 0.478 e. The fraction of sp³-hybridized carbons (Fsp3) is 0.200.